The van der Waals surface area contributed by atoms with Gasteiger partial charge in [-0.25, -0.2) is 8.42 Å². The number of nitriles is 1. The minimum absolute atomic E-state index is 0.583. The lowest BCUT2D eigenvalue weighted by atomic mass is 10.1. The Bertz CT molecular complexity index is 534. The number of benzene rings is 1. The molecule has 0 spiro atoms. The first-order valence-corrected chi connectivity index (χ1v) is 6.71. The smallest absolute Gasteiger partial charge is 0.212 e. The molecule has 92 valence electrons. The Morgan fingerprint density at radius 2 is 2.12 bits per heavy atom. The third kappa shape index (κ3) is 3.19. The third-order valence-corrected chi connectivity index (χ3v) is 3.68. The molecule has 5 nitrogen and oxygen atoms in total. The van der Waals surface area contributed by atoms with Gasteiger partial charge >= 0.3 is 0 Å². The van der Waals surface area contributed by atoms with E-state index in [1.54, 1.807) is 24.3 Å². The summed E-state index contributed by atoms with van der Waals surface area (Å²) in [7, 11) is -0.520. The number of methoxy groups -OCH3 is 1. The zero-order valence-electron chi connectivity index (χ0n) is 9.91. The molecule has 0 N–H and O–H groups in total. The van der Waals surface area contributed by atoms with Crippen molar-refractivity contribution in [2.75, 3.05) is 20.4 Å². The molecule has 1 rings (SSSR count). The van der Waals surface area contributed by atoms with E-state index in [-0.39, 0.29) is 0 Å². The molecule has 6 heteroatoms. The van der Waals surface area contributed by atoms with Gasteiger partial charge in [0, 0.05) is 7.05 Å². The summed E-state index contributed by atoms with van der Waals surface area (Å²) in [4.78, 5) is 0. The fourth-order valence-electron chi connectivity index (χ4n) is 1.37. The van der Waals surface area contributed by atoms with Crippen molar-refractivity contribution >= 4 is 10.0 Å². The Kier molecular flexibility index (Phi) is 4.10. The zero-order valence-corrected chi connectivity index (χ0v) is 10.7. The van der Waals surface area contributed by atoms with Crippen molar-refractivity contribution in [2.24, 2.45) is 0 Å². The largest absolute Gasteiger partial charge is 0.497 e. The SMILES string of the molecule is COc1cccc(C(C#N)N(C)S(C)(=O)=O)c1. The fraction of sp³-hybridized carbons (Fsp3) is 0.364. The van der Waals surface area contributed by atoms with Crippen LogP contribution in [0.4, 0.5) is 0 Å². The van der Waals surface area contributed by atoms with Crippen molar-refractivity contribution in [3.63, 3.8) is 0 Å². The van der Waals surface area contributed by atoms with Crippen LogP contribution in [0, 0.1) is 11.3 Å². The summed E-state index contributed by atoms with van der Waals surface area (Å²) in [6, 6.07) is 7.91. The number of hydrogen-bond donors (Lipinski definition) is 0. The quantitative estimate of drug-likeness (QED) is 0.808. The molecule has 0 saturated carbocycles. The van der Waals surface area contributed by atoms with Crippen LogP contribution in [0.1, 0.15) is 11.6 Å². The number of ether oxygens (including phenoxy) is 1. The summed E-state index contributed by atoms with van der Waals surface area (Å²) in [5, 5.41) is 9.08. The predicted molar refractivity (Wildman–Crippen MR) is 64.0 cm³/mol. The van der Waals surface area contributed by atoms with E-state index in [0.717, 1.165) is 10.6 Å². The van der Waals surface area contributed by atoms with E-state index in [1.165, 1.54) is 14.2 Å². The van der Waals surface area contributed by atoms with Gasteiger partial charge in [-0.3, -0.25) is 0 Å². The summed E-state index contributed by atoms with van der Waals surface area (Å²) in [6.07, 6.45) is 1.07. The molecule has 1 atom stereocenters. The number of nitrogens with zero attached hydrogens (tertiary/aromatic N) is 2. The van der Waals surface area contributed by atoms with Crippen LogP contribution in [0.2, 0.25) is 0 Å². The van der Waals surface area contributed by atoms with E-state index in [2.05, 4.69) is 0 Å². The van der Waals surface area contributed by atoms with Gasteiger partial charge in [0.2, 0.25) is 10.0 Å². The van der Waals surface area contributed by atoms with Gasteiger partial charge in [0.05, 0.1) is 19.4 Å². The van der Waals surface area contributed by atoms with E-state index in [0.29, 0.717) is 11.3 Å². The molecule has 0 aromatic heterocycles. The van der Waals surface area contributed by atoms with Crippen molar-refractivity contribution in [1.82, 2.24) is 4.31 Å². The summed E-state index contributed by atoms with van der Waals surface area (Å²) < 4.78 is 28.9. The van der Waals surface area contributed by atoms with Gasteiger partial charge in [-0.05, 0) is 17.7 Å². The van der Waals surface area contributed by atoms with E-state index < -0.39 is 16.1 Å². The standard InChI is InChI=1S/C11H14N2O3S/c1-13(17(3,14)15)11(8-12)9-5-4-6-10(7-9)16-2/h4-7,11H,1-3H3. The van der Waals surface area contributed by atoms with Crippen LogP contribution >= 0.6 is 0 Å². The molecule has 0 fully saturated rings. The highest BCUT2D eigenvalue weighted by Gasteiger charge is 2.24. The molecule has 1 unspecified atom stereocenters. The fourth-order valence-corrected chi connectivity index (χ4v) is 1.92. The maximum absolute atomic E-state index is 11.4. The van der Waals surface area contributed by atoms with Crippen LogP contribution < -0.4 is 4.74 Å². The Labute approximate surface area is 101 Å². The minimum Gasteiger partial charge on any atom is -0.497 e. The van der Waals surface area contributed by atoms with Gasteiger partial charge in [-0.1, -0.05) is 12.1 Å². The highest BCUT2D eigenvalue weighted by Crippen LogP contribution is 2.24. The average molecular weight is 254 g/mol. The topological polar surface area (TPSA) is 70.4 Å². The molecule has 0 radical (unpaired) electrons. The van der Waals surface area contributed by atoms with Crippen molar-refractivity contribution < 1.29 is 13.2 Å². The Morgan fingerprint density at radius 1 is 1.47 bits per heavy atom. The molecule has 1 aromatic carbocycles. The molecule has 0 heterocycles. The first kappa shape index (κ1) is 13.5. The Balaban J connectivity index is 3.15. The van der Waals surface area contributed by atoms with E-state index in [4.69, 9.17) is 10.00 Å². The number of hydrogen-bond acceptors (Lipinski definition) is 4. The second-order valence-electron chi connectivity index (χ2n) is 3.59. The van der Waals surface area contributed by atoms with Crippen molar-refractivity contribution in [3.05, 3.63) is 29.8 Å². The molecule has 0 bridgehead atoms. The molecular formula is C11H14N2O3S. The van der Waals surface area contributed by atoms with Gasteiger partial charge in [-0.2, -0.15) is 9.57 Å². The Morgan fingerprint density at radius 3 is 2.59 bits per heavy atom. The van der Waals surface area contributed by atoms with E-state index in [1.807, 2.05) is 6.07 Å². The Hall–Kier alpha value is -1.58. The summed E-state index contributed by atoms with van der Waals surface area (Å²) in [5.41, 5.74) is 0.583. The molecule has 1 aromatic rings. The van der Waals surface area contributed by atoms with Gasteiger partial charge in [0.15, 0.2) is 0 Å². The molecular weight excluding hydrogens is 240 g/mol. The van der Waals surface area contributed by atoms with Gasteiger partial charge in [-0.15, -0.1) is 0 Å². The van der Waals surface area contributed by atoms with Gasteiger partial charge < -0.3 is 4.74 Å². The van der Waals surface area contributed by atoms with Crippen molar-refractivity contribution in [2.45, 2.75) is 6.04 Å². The van der Waals surface area contributed by atoms with Gasteiger partial charge in [0.1, 0.15) is 11.8 Å². The lowest BCUT2D eigenvalue weighted by molar-refractivity contribution is 0.409. The van der Waals surface area contributed by atoms with Crippen LogP contribution in [-0.4, -0.2) is 33.1 Å². The zero-order chi connectivity index (χ0) is 13.1. The number of sulfonamides is 1. The maximum atomic E-state index is 11.4. The van der Waals surface area contributed by atoms with Crippen molar-refractivity contribution in [3.8, 4) is 11.8 Å². The highest BCUT2D eigenvalue weighted by molar-refractivity contribution is 7.88. The summed E-state index contributed by atoms with van der Waals surface area (Å²) in [5.74, 6) is 0.588. The van der Waals surface area contributed by atoms with Gasteiger partial charge in [0.25, 0.3) is 0 Å². The first-order valence-electron chi connectivity index (χ1n) is 4.86. The lowest BCUT2D eigenvalue weighted by Crippen LogP contribution is -2.29. The third-order valence-electron chi connectivity index (χ3n) is 2.42. The van der Waals surface area contributed by atoms with Crippen molar-refractivity contribution in [1.29, 1.82) is 5.26 Å². The maximum Gasteiger partial charge on any atom is 0.212 e. The van der Waals surface area contributed by atoms with E-state index >= 15 is 0 Å². The molecule has 17 heavy (non-hydrogen) atoms. The van der Waals surface area contributed by atoms with Crippen LogP contribution in [-0.2, 0) is 10.0 Å². The predicted octanol–water partition coefficient (Wildman–Crippen LogP) is 1.15. The lowest BCUT2D eigenvalue weighted by Gasteiger charge is -2.20. The monoisotopic (exact) mass is 254 g/mol. The molecule has 0 aliphatic rings. The van der Waals surface area contributed by atoms with Crippen LogP contribution in [0.25, 0.3) is 0 Å². The van der Waals surface area contributed by atoms with E-state index in [9.17, 15) is 8.42 Å². The average Bonchev–Trinajstić information content (AvgIpc) is 2.29. The normalized spacial score (nSPS) is 13.1. The van der Waals surface area contributed by atoms with Crippen LogP contribution in [0.3, 0.4) is 0 Å². The molecule has 0 amide bonds. The second kappa shape index (κ2) is 5.17. The summed E-state index contributed by atoms with van der Waals surface area (Å²) >= 11 is 0. The minimum atomic E-state index is -3.41. The highest BCUT2D eigenvalue weighted by atomic mass is 32.2. The molecule has 0 aliphatic carbocycles. The van der Waals surface area contributed by atoms with Crippen LogP contribution in [0.15, 0.2) is 24.3 Å². The van der Waals surface area contributed by atoms with Crippen LogP contribution in [0.5, 0.6) is 5.75 Å². The second-order valence-corrected chi connectivity index (χ2v) is 5.63. The molecule has 0 aliphatic heterocycles. The summed E-state index contributed by atoms with van der Waals surface area (Å²) in [6.45, 7) is 0. The first-order chi connectivity index (χ1) is 7.90. The number of rotatable bonds is 4. The molecule has 0 saturated heterocycles.